The van der Waals surface area contributed by atoms with Crippen molar-refractivity contribution in [3.63, 3.8) is 0 Å². The van der Waals surface area contributed by atoms with E-state index in [1.807, 2.05) is 67.6 Å². The van der Waals surface area contributed by atoms with Crippen LogP contribution in [0.15, 0.2) is 77.4 Å². The van der Waals surface area contributed by atoms with Gasteiger partial charge in [0, 0.05) is 28.3 Å². The van der Waals surface area contributed by atoms with Crippen molar-refractivity contribution in [1.29, 1.82) is 0 Å². The molecule has 1 aliphatic carbocycles. The predicted molar refractivity (Wildman–Crippen MR) is 119 cm³/mol. The van der Waals surface area contributed by atoms with Crippen molar-refractivity contribution < 1.29 is 9.53 Å². The van der Waals surface area contributed by atoms with Crippen LogP contribution in [-0.4, -0.2) is 12.5 Å². The lowest BCUT2D eigenvalue weighted by Gasteiger charge is -2.39. The summed E-state index contributed by atoms with van der Waals surface area (Å²) in [5.41, 5.74) is 8.26. The molecule has 3 nitrogen and oxygen atoms in total. The molecule has 2 unspecified atom stereocenters. The Labute approximate surface area is 178 Å². The third-order valence-corrected chi connectivity index (χ3v) is 6.07. The summed E-state index contributed by atoms with van der Waals surface area (Å²) in [5, 5.41) is 0.713. The molecule has 0 saturated heterocycles. The predicted octanol–water partition coefficient (Wildman–Crippen LogP) is 5.47. The maximum atomic E-state index is 13.0. The zero-order valence-corrected chi connectivity index (χ0v) is 17.9. The van der Waals surface area contributed by atoms with Crippen molar-refractivity contribution in [2.75, 3.05) is 6.54 Å². The van der Waals surface area contributed by atoms with Gasteiger partial charge >= 0.3 is 5.97 Å². The molecule has 3 rings (SSSR count). The van der Waals surface area contributed by atoms with Gasteiger partial charge in [0.1, 0.15) is 0 Å². The van der Waals surface area contributed by atoms with E-state index in [1.54, 1.807) is 6.92 Å². The topological polar surface area (TPSA) is 52.3 Å². The molecular weight excluding hydrogens is 382 g/mol. The smallest absolute Gasteiger partial charge is 0.311 e. The molecule has 4 heteroatoms. The van der Waals surface area contributed by atoms with Crippen LogP contribution in [0.1, 0.15) is 37.0 Å². The molecule has 1 aliphatic rings. The number of rotatable bonds is 6. The Kier molecular flexibility index (Phi) is 6.61. The zero-order chi connectivity index (χ0) is 21.0. The van der Waals surface area contributed by atoms with Crippen LogP contribution in [0.3, 0.4) is 0 Å². The third kappa shape index (κ3) is 4.17. The molecule has 0 saturated carbocycles. The first-order valence-electron chi connectivity index (χ1n) is 10.0. The molecule has 0 amide bonds. The standard InChI is InChI=1S/C25H28ClNO2/c1-17-12-14-21(15-13-17)25(20-9-5-4-6-10-20,29-24(28)19(3)16-27)22-11-7-8-18(2)23(22)26/h4-7,9-15,18-19H,8,16,27H2,1-3H3/t18?,19-,25?/m0/s1. The molecule has 2 N–H and O–H groups in total. The largest absolute Gasteiger partial charge is 0.444 e. The highest BCUT2D eigenvalue weighted by Crippen LogP contribution is 2.47. The van der Waals surface area contributed by atoms with Gasteiger partial charge in [-0.25, -0.2) is 0 Å². The summed E-state index contributed by atoms with van der Waals surface area (Å²) in [5.74, 6) is -0.621. The second-order valence-electron chi connectivity index (χ2n) is 7.77. The number of ether oxygens (including phenoxy) is 1. The van der Waals surface area contributed by atoms with Crippen LogP contribution in [0.5, 0.6) is 0 Å². The number of halogens is 1. The maximum Gasteiger partial charge on any atom is 0.311 e. The number of esters is 1. The Morgan fingerprint density at radius 3 is 2.41 bits per heavy atom. The second kappa shape index (κ2) is 8.98. The van der Waals surface area contributed by atoms with Gasteiger partial charge in [0.05, 0.1) is 5.92 Å². The number of hydrogen-bond donors (Lipinski definition) is 1. The fourth-order valence-corrected chi connectivity index (χ4v) is 3.87. The Morgan fingerprint density at radius 1 is 1.17 bits per heavy atom. The Bertz CT molecular complexity index is 918. The molecule has 0 heterocycles. The molecular formula is C25H28ClNO2. The number of carbonyl (C=O) groups is 1. The molecule has 0 aromatic heterocycles. The van der Waals surface area contributed by atoms with Gasteiger partial charge in [-0.1, -0.05) is 97.8 Å². The number of allylic oxidation sites excluding steroid dienone is 2. The molecule has 0 radical (unpaired) electrons. The Balaban J connectivity index is 2.33. The van der Waals surface area contributed by atoms with E-state index in [2.05, 4.69) is 13.0 Å². The number of benzene rings is 2. The average Bonchev–Trinajstić information content (AvgIpc) is 2.74. The molecule has 0 bridgehead atoms. The van der Waals surface area contributed by atoms with Crippen LogP contribution in [0.2, 0.25) is 0 Å². The normalized spacial score (nSPS) is 19.6. The molecule has 152 valence electrons. The maximum absolute atomic E-state index is 13.0. The molecule has 2 aromatic carbocycles. The molecule has 3 atom stereocenters. The lowest BCUT2D eigenvalue weighted by atomic mass is 9.76. The quantitative estimate of drug-likeness (QED) is 0.644. The Hall–Kier alpha value is -2.36. The fourth-order valence-electron chi connectivity index (χ4n) is 3.58. The molecule has 0 spiro atoms. The fraction of sp³-hybridized carbons (Fsp3) is 0.320. The summed E-state index contributed by atoms with van der Waals surface area (Å²) >= 11 is 6.86. The molecule has 2 aromatic rings. The van der Waals surface area contributed by atoms with Gasteiger partial charge in [0.15, 0.2) is 5.60 Å². The van der Waals surface area contributed by atoms with Gasteiger partial charge in [-0.15, -0.1) is 0 Å². The molecule has 0 aliphatic heterocycles. The second-order valence-corrected chi connectivity index (χ2v) is 8.18. The van der Waals surface area contributed by atoms with Crippen LogP contribution >= 0.6 is 11.6 Å². The van der Waals surface area contributed by atoms with Crippen LogP contribution in [0, 0.1) is 18.8 Å². The first kappa shape index (κ1) is 21.4. The summed E-state index contributed by atoms with van der Waals surface area (Å²) in [6, 6.07) is 17.9. The monoisotopic (exact) mass is 409 g/mol. The highest BCUT2D eigenvalue weighted by Gasteiger charge is 2.44. The zero-order valence-electron chi connectivity index (χ0n) is 17.2. The highest BCUT2D eigenvalue weighted by molar-refractivity contribution is 6.30. The van der Waals surface area contributed by atoms with Gasteiger partial charge < -0.3 is 10.5 Å². The van der Waals surface area contributed by atoms with Crippen LogP contribution in [0.4, 0.5) is 0 Å². The lowest BCUT2D eigenvalue weighted by Crippen LogP contribution is -2.39. The Morgan fingerprint density at radius 2 is 1.79 bits per heavy atom. The van der Waals surface area contributed by atoms with E-state index >= 15 is 0 Å². The SMILES string of the molecule is Cc1ccc(C(OC(=O)[C@@H](C)CN)(C2=C(Cl)C(C)CC=C2)c2ccccc2)cc1. The van der Waals surface area contributed by atoms with E-state index in [1.165, 1.54) is 0 Å². The minimum absolute atomic E-state index is 0.149. The van der Waals surface area contributed by atoms with E-state index in [9.17, 15) is 4.79 Å². The summed E-state index contributed by atoms with van der Waals surface area (Å²) < 4.78 is 6.35. The number of aryl methyl sites for hydroxylation is 1. The van der Waals surface area contributed by atoms with Crippen molar-refractivity contribution in [2.24, 2.45) is 17.6 Å². The first-order chi connectivity index (χ1) is 13.9. The van der Waals surface area contributed by atoms with Crippen molar-refractivity contribution >= 4 is 17.6 Å². The van der Waals surface area contributed by atoms with E-state index in [0.717, 1.165) is 28.7 Å². The van der Waals surface area contributed by atoms with Crippen molar-refractivity contribution in [1.82, 2.24) is 0 Å². The number of nitrogens with two attached hydrogens (primary N) is 1. The minimum Gasteiger partial charge on any atom is -0.444 e. The summed E-state index contributed by atoms with van der Waals surface area (Å²) in [6.07, 6.45) is 4.95. The van der Waals surface area contributed by atoms with Gasteiger partial charge in [0.25, 0.3) is 0 Å². The van der Waals surface area contributed by atoms with Gasteiger partial charge in [-0.3, -0.25) is 4.79 Å². The lowest BCUT2D eigenvalue weighted by molar-refractivity contribution is -0.157. The van der Waals surface area contributed by atoms with Gasteiger partial charge in [0.2, 0.25) is 0 Å². The van der Waals surface area contributed by atoms with Crippen LogP contribution in [-0.2, 0) is 15.1 Å². The molecule has 29 heavy (non-hydrogen) atoms. The van der Waals surface area contributed by atoms with Gasteiger partial charge in [-0.2, -0.15) is 0 Å². The summed E-state index contributed by atoms with van der Waals surface area (Å²) in [4.78, 5) is 13.0. The number of hydrogen-bond acceptors (Lipinski definition) is 3. The summed E-state index contributed by atoms with van der Waals surface area (Å²) in [7, 11) is 0. The average molecular weight is 410 g/mol. The minimum atomic E-state index is -1.14. The van der Waals surface area contributed by atoms with Gasteiger partial charge in [-0.05, 0) is 19.3 Å². The van der Waals surface area contributed by atoms with Crippen molar-refractivity contribution in [2.45, 2.75) is 32.8 Å². The third-order valence-electron chi connectivity index (χ3n) is 5.49. The van der Waals surface area contributed by atoms with Crippen molar-refractivity contribution in [3.8, 4) is 0 Å². The molecule has 0 fully saturated rings. The first-order valence-corrected chi connectivity index (χ1v) is 10.4. The van der Waals surface area contributed by atoms with E-state index in [-0.39, 0.29) is 18.4 Å². The number of carbonyl (C=O) groups excluding carboxylic acids is 1. The van der Waals surface area contributed by atoms with E-state index in [4.69, 9.17) is 22.1 Å². The highest BCUT2D eigenvalue weighted by atomic mass is 35.5. The van der Waals surface area contributed by atoms with Crippen molar-refractivity contribution in [3.05, 3.63) is 94.0 Å². The van der Waals surface area contributed by atoms with E-state index in [0.29, 0.717) is 5.03 Å². The van der Waals surface area contributed by atoms with E-state index < -0.39 is 11.5 Å². The van der Waals surface area contributed by atoms with Crippen LogP contribution in [0.25, 0.3) is 0 Å². The summed E-state index contributed by atoms with van der Waals surface area (Å²) in [6.45, 7) is 6.12. The van der Waals surface area contributed by atoms with Crippen LogP contribution < -0.4 is 5.73 Å².